The van der Waals surface area contributed by atoms with Gasteiger partial charge < -0.3 is 10.2 Å². The van der Waals surface area contributed by atoms with E-state index >= 15 is 0 Å². The Labute approximate surface area is 130 Å². The molecule has 5 heteroatoms. The molecular formula is C16H21ClN3O+. The Balaban J connectivity index is 1.84. The zero-order chi connectivity index (χ0) is 15.3. The molecule has 1 unspecified atom stereocenters. The first-order valence-electron chi connectivity index (χ1n) is 7.31. The van der Waals surface area contributed by atoms with Crippen LogP contribution in [-0.2, 0) is 11.3 Å². The zero-order valence-electron chi connectivity index (χ0n) is 12.3. The number of nitriles is 1. The second-order valence-electron chi connectivity index (χ2n) is 5.89. The van der Waals surface area contributed by atoms with E-state index in [4.69, 9.17) is 11.6 Å². The van der Waals surface area contributed by atoms with Crippen LogP contribution in [-0.4, -0.2) is 25.0 Å². The van der Waals surface area contributed by atoms with Crippen molar-refractivity contribution in [2.75, 3.05) is 13.6 Å². The van der Waals surface area contributed by atoms with E-state index in [0.717, 1.165) is 42.7 Å². The van der Waals surface area contributed by atoms with Gasteiger partial charge in [-0.25, -0.2) is 0 Å². The summed E-state index contributed by atoms with van der Waals surface area (Å²) in [6.45, 7) is 1.12. The van der Waals surface area contributed by atoms with Gasteiger partial charge in [0.25, 0.3) is 5.91 Å². The molecule has 4 nitrogen and oxygen atoms in total. The van der Waals surface area contributed by atoms with Gasteiger partial charge in [0.05, 0.1) is 13.1 Å². The van der Waals surface area contributed by atoms with E-state index in [-0.39, 0.29) is 5.91 Å². The molecule has 0 bridgehead atoms. The summed E-state index contributed by atoms with van der Waals surface area (Å²) >= 11 is 5.86. The van der Waals surface area contributed by atoms with Crippen LogP contribution in [0.15, 0.2) is 24.3 Å². The lowest BCUT2D eigenvalue weighted by atomic mass is 10.00. The van der Waals surface area contributed by atoms with E-state index in [1.807, 2.05) is 31.3 Å². The Hall–Kier alpha value is -1.57. The Bertz CT molecular complexity index is 529. The monoisotopic (exact) mass is 306 g/mol. The van der Waals surface area contributed by atoms with Crippen molar-refractivity contribution in [3.8, 4) is 6.07 Å². The maximum absolute atomic E-state index is 12.1. The number of hydrogen-bond acceptors (Lipinski definition) is 2. The fourth-order valence-corrected chi connectivity index (χ4v) is 2.97. The van der Waals surface area contributed by atoms with Crippen molar-refractivity contribution < 1.29 is 9.69 Å². The lowest BCUT2D eigenvalue weighted by Crippen LogP contribution is -3.09. The molecule has 112 valence electrons. The minimum atomic E-state index is -0.627. The number of amides is 1. The summed E-state index contributed by atoms with van der Waals surface area (Å²) in [5.41, 5.74) is 0.512. The van der Waals surface area contributed by atoms with Gasteiger partial charge in [0.1, 0.15) is 12.1 Å². The number of nitrogens with one attached hydrogen (secondary N) is 2. The third kappa shape index (κ3) is 4.45. The molecule has 0 radical (unpaired) electrons. The summed E-state index contributed by atoms with van der Waals surface area (Å²) in [5.74, 6) is -0.0510. The molecule has 2 rings (SSSR count). The highest BCUT2D eigenvalue weighted by atomic mass is 35.5. The van der Waals surface area contributed by atoms with Gasteiger partial charge in [-0.1, -0.05) is 23.7 Å². The molecule has 1 aromatic rings. The van der Waals surface area contributed by atoms with Gasteiger partial charge in [0.2, 0.25) is 0 Å². The Morgan fingerprint density at radius 2 is 2.00 bits per heavy atom. The van der Waals surface area contributed by atoms with Crippen molar-refractivity contribution in [2.24, 2.45) is 0 Å². The quantitative estimate of drug-likeness (QED) is 0.862. The third-order valence-corrected chi connectivity index (χ3v) is 4.18. The molecular weight excluding hydrogens is 286 g/mol. The number of halogens is 1. The Morgan fingerprint density at radius 3 is 2.57 bits per heavy atom. The molecule has 1 aromatic carbocycles. The second kappa shape index (κ2) is 6.93. The largest absolute Gasteiger partial charge is 0.333 e. The average Bonchev–Trinajstić information content (AvgIpc) is 2.90. The van der Waals surface area contributed by atoms with Gasteiger partial charge in [0, 0.05) is 10.6 Å². The molecule has 0 aliphatic heterocycles. The van der Waals surface area contributed by atoms with Gasteiger partial charge in [-0.05, 0) is 37.8 Å². The predicted molar refractivity (Wildman–Crippen MR) is 81.9 cm³/mol. The minimum absolute atomic E-state index is 0.0510. The summed E-state index contributed by atoms with van der Waals surface area (Å²) < 4.78 is 0. The average molecular weight is 307 g/mol. The highest BCUT2D eigenvalue weighted by molar-refractivity contribution is 6.30. The number of hydrogen-bond donors (Lipinski definition) is 2. The standard InChI is InChI=1S/C16H20ClN3O/c1-20(10-13-4-6-14(17)7-5-13)11-15(21)19-16(12-18)8-2-3-9-16/h4-7H,2-3,8-11H2,1H3,(H,19,21)/p+1. The molecule has 0 spiro atoms. The number of rotatable bonds is 5. The highest BCUT2D eigenvalue weighted by Crippen LogP contribution is 2.28. The number of nitrogens with zero attached hydrogens (tertiary/aromatic N) is 1. The lowest BCUT2D eigenvalue weighted by molar-refractivity contribution is -0.885. The molecule has 1 aliphatic carbocycles. The van der Waals surface area contributed by atoms with Crippen LogP contribution < -0.4 is 10.2 Å². The van der Waals surface area contributed by atoms with E-state index in [0.29, 0.717) is 11.6 Å². The van der Waals surface area contributed by atoms with Gasteiger partial charge in [-0.15, -0.1) is 0 Å². The maximum Gasteiger partial charge on any atom is 0.276 e. The van der Waals surface area contributed by atoms with Crippen molar-refractivity contribution in [1.29, 1.82) is 5.26 Å². The van der Waals surface area contributed by atoms with E-state index in [9.17, 15) is 10.1 Å². The molecule has 1 aliphatic rings. The van der Waals surface area contributed by atoms with Gasteiger partial charge in [0.15, 0.2) is 6.54 Å². The lowest BCUT2D eigenvalue weighted by Gasteiger charge is -2.23. The fraction of sp³-hybridized carbons (Fsp3) is 0.500. The fourth-order valence-electron chi connectivity index (χ4n) is 2.84. The van der Waals surface area contributed by atoms with Crippen LogP contribution in [0.4, 0.5) is 0 Å². The van der Waals surface area contributed by atoms with Crippen LogP contribution in [0, 0.1) is 11.3 Å². The molecule has 0 saturated heterocycles. The van der Waals surface area contributed by atoms with Crippen LogP contribution in [0.25, 0.3) is 0 Å². The zero-order valence-corrected chi connectivity index (χ0v) is 13.0. The SMILES string of the molecule is C[NH+](CC(=O)NC1(C#N)CCCC1)Cc1ccc(Cl)cc1. The summed E-state index contributed by atoms with van der Waals surface area (Å²) in [5, 5.41) is 12.9. The first kappa shape index (κ1) is 15.8. The topological polar surface area (TPSA) is 57.3 Å². The number of carbonyl (C=O) groups excluding carboxylic acids is 1. The smallest absolute Gasteiger partial charge is 0.276 e. The Morgan fingerprint density at radius 1 is 1.38 bits per heavy atom. The van der Waals surface area contributed by atoms with Gasteiger partial charge in [-0.3, -0.25) is 4.79 Å². The molecule has 0 aromatic heterocycles. The molecule has 1 amide bonds. The van der Waals surface area contributed by atoms with Crippen LogP contribution in [0.1, 0.15) is 31.2 Å². The third-order valence-electron chi connectivity index (χ3n) is 3.93. The number of likely N-dealkylation sites (N-methyl/N-ethyl adjacent to an activating group) is 1. The highest BCUT2D eigenvalue weighted by Gasteiger charge is 2.35. The van der Waals surface area contributed by atoms with E-state index in [1.54, 1.807) is 0 Å². The van der Waals surface area contributed by atoms with Crippen LogP contribution >= 0.6 is 11.6 Å². The summed E-state index contributed by atoms with van der Waals surface area (Å²) in [6, 6.07) is 9.93. The first-order chi connectivity index (χ1) is 10.0. The summed E-state index contributed by atoms with van der Waals surface area (Å²) in [6.07, 6.45) is 3.57. The Kier molecular flexibility index (Phi) is 5.22. The molecule has 21 heavy (non-hydrogen) atoms. The first-order valence-corrected chi connectivity index (χ1v) is 7.69. The van der Waals surface area contributed by atoms with E-state index in [1.165, 1.54) is 0 Å². The molecule has 1 atom stereocenters. The van der Waals surface area contributed by atoms with Crippen molar-refractivity contribution >= 4 is 17.5 Å². The van der Waals surface area contributed by atoms with E-state index in [2.05, 4.69) is 11.4 Å². The number of quaternary nitrogens is 1. The number of benzene rings is 1. The van der Waals surface area contributed by atoms with Gasteiger partial charge >= 0.3 is 0 Å². The normalized spacial score (nSPS) is 18.0. The van der Waals surface area contributed by atoms with Crippen LogP contribution in [0.3, 0.4) is 0 Å². The summed E-state index contributed by atoms with van der Waals surface area (Å²) in [4.78, 5) is 13.2. The van der Waals surface area contributed by atoms with Gasteiger partial charge in [-0.2, -0.15) is 5.26 Å². The molecule has 1 saturated carbocycles. The second-order valence-corrected chi connectivity index (χ2v) is 6.32. The molecule has 0 heterocycles. The van der Waals surface area contributed by atoms with Crippen molar-refractivity contribution in [3.63, 3.8) is 0 Å². The molecule has 1 fully saturated rings. The summed E-state index contributed by atoms with van der Waals surface area (Å²) in [7, 11) is 1.97. The van der Waals surface area contributed by atoms with E-state index < -0.39 is 5.54 Å². The predicted octanol–water partition coefficient (Wildman–Crippen LogP) is 1.31. The maximum atomic E-state index is 12.1. The minimum Gasteiger partial charge on any atom is -0.333 e. The van der Waals surface area contributed by atoms with Crippen molar-refractivity contribution in [2.45, 2.75) is 37.8 Å². The van der Waals surface area contributed by atoms with Crippen LogP contribution in [0.5, 0.6) is 0 Å². The van der Waals surface area contributed by atoms with Crippen LogP contribution in [0.2, 0.25) is 5.02 Å². The van der Waals surface area contributed by atoms with Crippen molar-refractivity contribution in [3.05, 3.63) is 34.9 Å². The number of carbonyl (C=O) groups is 1. The van der Waals surface area contributed by atoms with Crippen molar-refractivity contribution in [1.82, 2.24) is 5.32 Å². The molecule has 2 N–H and O–H groups in total.